The van der Waals surface area contributed by atoms with Crippen LogP contribution in [-0.4, -0.2) is 16.0 Å². The maximum Gasteiger partial charge on any atom is 0.471 e. The van der Waals surface area contributed by atoms with Crippen LogP contribution >= 0.6 is 7.82 Å². The Morgan fingerprint density at radius 2 is 2.22 bits per heavy atom. The summed E-state index contributed by atoms with van der Waals surface area (Å²) in [6.07, 6.45) is -0.490. The highest BCUT2D eigenvalue weighted by molar-refractivity contribution is 7.46. The minimum atomic E-state index is -4.36. The van der Waals surface area contributed by atoms with Crippen molar-refractivity contribution in [3.05, 3.63) is 0 Å². The van der Waals surface area contributed by atoms with E-state index in [1.165, 1.54) is 0 Å². The Balaban J connectivity index is 3.60. The molecule has 0 fully saturated rings. The molecular formula is C3H10NO4P. The molecule has 0 heterocycles. The van der Waals surface area contributed by atoms with Crippen molar-refractivity contribution in [3.63, 3.8) is 0 Å². The second-order valence-corrected chi connectivity index (χ2v) is 2.73. The third kappa shape index (κ3) is 5.95. The average Bonchev–Trinajstić information content (AvgIpc) is 1.62. The fraction of sp³-hybridized carbons (Fsp3) is 1.00. The second-order valence-electron chi connectivity index (χ2n) is 1.54. The van der Waals surface area contributed by atoms with Crippen molar-refractivity contribution < 1.29 is 18.9 Å². The molecule has 0 bridgehead atoms. The van der Waals surface area contributed by atoms with Gasteiger partial charge in [-0.3, -0.25) is 4.52 Å². The molecule has 0 saturated carbocycles. The summed E-state index contributed by atoms with van der Waals surface area (Å²) in [7, 11) is -4.36. The summed E-state index contributed by atoms with van der Waals surface area (Å²) >= 11 is 0. The molecule has 0 spiro atoms. The van der Waals surface area contributed by atoms with Crippen molar-refractivity contribution in [3.8, 4) is 0 Å². The van der Waals surface area contributed by atoms with Crippen molar-refractivity contribution >= 4 is 7.82 Å². The van der Waals surface area contributed by atoms with Gasteiger partial charge in [-0.05, 0) is 6.42 Å². The van der Waals surface area contributed by atoms with Gasteiger partial charge in [-0.25, -0.2) is 4.57 Å². The highest BCUT2D eigenvalue weighted by atomic mass is 31.2. The molecule has 0 aromatic carbocycles. The topological polar surface area (TPSA) is 92.8 Å². The number of nitrogens with two attached hydrogens (primary N) is 1. The molecule has 0 aliphatic rings. The molecule has 0 aliphatic heterocycles. The number of phosphoric ester groups is 1. The van der Waals surface area contributed by atoms with Gasteiger partial charge in [0.05, 0.1) is 0 Å². The molecule has 9 heavy (non-hydrogen) atoms. The molecule has 56 valence electrons. The highest BCUT2D eigenvalue weighted by Crippen LogP contribution is 2.36. The van der Waals surface area contributed by atoms with E-state index in [1.54, 1.807) is 6.92 Å². The van der Waals surface area contributed by atoms with Crippen molar-refractivity contribution in [2.75, 3.05) is 0 Å². The number of phosphoric acid groups is 1. The first-order valence-electron chi connectivity index (χ1n) is 2.45. The molecule has 0 aromatic rings. The van der Waals surface area contributed by atoms with Crippen molar-refractivity contribution in [2.24, 2.45) is 5.73 Å². The molecule has 0 radical (unpaired) electrons. The van der Waals surface area contributed by atoms with E-state index in [4.69, 9.17) is 15.5 Å². The molecule has 1 unspecified atom stereocenters. The SMILES string of the molecule is CCC(N)OP(=O)(O)O. The first kappa shape index (κ1) is 9.07. The van der Waals surface area contributed by atoms with E-state index in [9.17, 15) is 4.57 Å². The largest absolute Gasteiger partial charge is 0.471 e. The van der Waals surface area contributed by atoms with E-state index in [2.05, 4.69) is 4.52 Å². The van der Waals surface area contributed by atoms with E-state index in [0.29, 0.717) is 6.42 Å². The predicted molar refractivity (Wildman–Crippen MR) is 31.4 cm³/mol. The van der Waals surface area contributed by atoms with Gasteiger partial charge < -0.3 is 15.5 Å². The fourth-order valence-electron chi connectivity index (χ4n) is 0.251. The lowest BCUT2D eigenvalue weighted by Gasteiger charge is -2.09. The Bertz CT molecular complexity index is 121. The quantitative estimate of drug-likeness (QED) is 0.387. The first-order chi connectivity index (χ1) is 3.95. The van der Waals surface area contributed by atoms with Crippen LogP contribution in [0.4, 0.5) is 0 Å². The molecule has 0 saturated heterocycles. The first-order valence-corrected chi connectivity index (χ1v) is 3.98. The Hall–Kier alpha value is 0.0700. The smallest absolute Gasteiger partial charge is 0.306 e. The lowest BCUT2D eigenvalue weighted by atomic mass is 10.5. The Kier molecular flexibility index (Phi) is 3.32. The van der Waals surface area contributed by atoms with Crippen molar-refractivity contribution in [1.82, 2.24) is 0 Å². The van der Waals surface area contributed by atoms with Crippen LogP contribution in [0, 0.1) is 0 Å². The van der Waals surface area contributed by atoms with Gasteiger partial charge in [0.15, 0.2) is 0 Å². The lowest BCUT2D eigenvalue weighted by molar-refractivity contribution is 0.134. The van der Waals surface area contributed by atoms with E-state index < -0.39 is 14.1 Å². The zero-order valence-electron chi connectivity index (χ0n) is 5.02. The summed E-state index contributed by atoms with van der Waals surface area (Å²) < 4.78 is 14.0. The molecule has 4 N–H and O–H groups in total. The second kappa shape index (κ2) is 3.29. The summed E-state index contributed by atoms with van der Waals surface area (Å²) in [6, 6.07) is 0. The molecule has 0 aliphatic carbocycles. The summed E-state index contributed by atoms with van der Waals surface area (Å²) in [5, 5.41) is 0. The Morgan fingerprint density at radius 1 is 1.78 bits per heavy atom. The average molecular weight is 155 g/mol. The van der Waals surface area contributed by atoms with E-state index in [1.807, 2.05) is 0 Å². The van der Waals surface area contributed by atoms with Crippen LogP contribution in [-0.2, 0) is 9.09 Å². The monoisotopic (exact) mass is 155 g/mol. The zero-order chi connectivity index (χ0) is 7.49. The summed E-state index contributed by atoms with van der Waals surface area (Å²) in [5.41, 5.74) is 5.04. The van der Waals surface area contributed by atoms with Gasteiger partial charge in [-0.15, -0.1) is 0 Å². The van der Waals surface area contributed by atoms with Gasteiger partial charge in [0.2, 0.25) is 0 Å². The maximum absolute atomic E-state index is 9.99. The standard InChI is InChI=1S/C3H10NO4P/c1-2-3(4)8-9(5,6)7/h3H,2,4H2,1H3,(H2,5,6,7). The van der Waals surface area contributed by atoms with E-state index in [-0.39, 0.29) is 0 Å². The van der Waals surface area contributed by atoms with Gasteiger partial charge in [0.25, 0.3) is 0 Å². The molecule has 0 amide bonds. The summed E-state index contributed by atoms with van der Waals surface area (Å²) in [5.74, 6) is 0. The molecule has 0 rings (SSSR count). The number of rotatable bonds is 3. The van der Waals surface area contributed by atoms with Gasteiger partial charge in [0, 0.05) is 0 Å². The van der Waals surface area contributed by atoms with Crippen molar-refractivity contribution in [1.29, 1.82) is 0 Å². The van der Waals surface area contributed by atoms with Gasteiger partial charge in [-0.1, -0.05) is 6.92 Å². The van der Waals surface area contributed by atoms with Gasteiger partial charge in [-0.2, -0.15) is 0 Å². The number of hydrogen-bond acceptors (Lipinski definition) is 3. The molecule has 0 aromatic heterocycles. The summed E-state index contributed by atoms with van der Waals surface area (Å²) in [4.78, 5) is 16.3. The van der Waals surface area contributed by atoms with Crippen LogP contribution in [0.15, 0.2) is 0 Å². The van der Waals surface area contributed by atoms with Gasteiger partial charge in [0.1, 0.15) is 6.23 Å². The summed E-state index contributed by atoms with van der Waals surface area (Å²) in [6.45, 7) is 1.67. The third-order valence-electron chi connectivity index (χ3n) is 0.675. The van der Waals surface area contributed by atoms with Crippen LogP contribution in [0.1, 0.15) is 13.3 Å². The highest BCUT2D eigenvalue weighted by Gasteiger charge is 2.17. The molecular weight excluding hydrogens is 145 g/mol. The molecule has 6 heteroatoms. The predicted octanol–water partition coefficient (Wildman–Crippen LogP) is -0.210. The van der Waals surface area contributed by atoms with Crippen LogP contribution < -0.4 is 5.73 Å². The Morgan fingerprint density at radius 3 is 2.33 bits per heavy atom. The van der Waals surface area contributed by atoms with Crippen LogP contribution in [0.5, 0.6) is 0 Å². The van der Waals surface area contributed by atoms with Crippen LogP contribution in [0.25, 0.3) is 0 Å². The Labute approximate surface area is 53.1 Å². The van der Waals surface area contributed by atoms with Crippen LogP contribution in [0.2, 0.25) is 0 Å². The minimum Gasteiger partial charge on any atom is -0.306 e. The van der Waals surface area contributed by atoms with Crippen molar-refractivity contribution in [2.45, 2.75) is 19.6 Å². The van der Waals surface area contributed by atoms with E-state index in [0.717, 1.165) is 0 Å². The van der Waals surface area contributed by atoms with Gasteiger partial charge >= 0.3 is 7.82 Å². The van der Waals surface area contributed by atoms with Crippen LogP contribution in [0.3, 0.4) is 0 Å². The number of hydrogen-bond donors (Lipinski definition) is 3. The normalized spacial score (nSPS) is 15.6. The molecule has 1 atom stereocenters. The maximum atomic E-state index is 9.99. The minimum absolute atomic E-state index is 0.380. The zero-order valence-corrected chi connectivity index (χ0v) is 5.91. The molecule has 5 nitrogen and oxygen atoms in total. The van der Waals surface area contributed by atoms with E-state index >= 15 is 0 Å². The lowest BCUT2D eigenvalue weighted by Crippen LogP contribution is -2.20. The third-order valence-corrected chi connectivity index (χ3v) is 1.22. The fourth-order valence-corrected chi connectivity index (χ4v) is 0.753.